The third-order valence-electron chi connectivity index (χ3n) is 6.87. The maximum atomic E-state index is 12.4. The molecule has 6 nitrogen and oxygen atoms in total. The van der Waals surface area contributed by atoms with E-state index in [1.165, 1.54) is 51.0 Å². The predicted octanol–water partition coefficient (Wildman–Crippen LogP) is 9.12. The fourth-order valence-electron chi connectivity index (χ4n) is 4.39. The quantitative estimate of drug-likeness (QED) is 0.0460. The lowest BCUT2D eigenvalue weighted by molar-refractivity contribution is -0.122. The average Bonchev–Trinajstić information content (AvgIpc) is 2.96. The summed E-state index contributed by atoms with van der Waals surface area (Å²) in [6.07, 6.45) is 41.7. The summed E-state index contributed by atoms with van der Waals surface area (Å²) in [7, 11) is -4.36. The number of carbonyl (C=O) groups is 1. The zero-order chi connectivity index (χ0) is 31.9. The molecule has 0 rings (SSSR count). The van der Waals surface area contributed by atoms with Crippen LogP contribution in [0.5, 0.6) is 0 Å². The molecule has 0 fully saturated rings. The van der Waals surface area contributed by atoms with E-state index >= 15 is 0 Å². The smallest absolute Gasteiger partial charge is 0.267 e. The lowest BCUT2D eigenvalue weighted by Gasteiger charge is -2.21. The minimum absolute atomic E-state index is 0.232. The van der Waals surface area contributed by atoms with Crippen molar-refractivity contribution >= 4 is 16.0 Å². The first-order valence-electron chi connectivity index (χ1n) is 16.6. The molecule has 0 radical (unpaired) electrons. The number of aliphatic hydroxyl groups excluding tert-OH is 1. The van der Waals surface area contributed by atoms with Gasteiger partial charge in [-0.05, 0) is 70.6 Å². The second kappa shape index (κ2) is 29.8. The largest absolute Gasteiger partial charge is 0.387 e. The predicted molar refractivity (Wildman–Crippen MR) is 184 cm³/mol. The molecule has 3 N–H and O–H groups in total. The van der Waals surface area contributed by atoms with Crippen molar-refractivity contribution in [1.29, 1.82) is 0 Å². The van der Waals surface area contributed by atoms with Gasteiger partial charge in [-0.3, -0.25) is 9.35 Å². The van der Waals surface area contributed by atoms with Crippen LogP contribution in [-0.2, 0) is 14.9 Å². The molecule has 1 amide bonds. The number of hydrogen-bond acceptors (Lipinski definition) is 4. The minimum atomic E-state index is -4.36. The number of amides is 1. The van der Waals surface area contributed by atoms with E-state index in [9.17, 15) is 22.9 Å². The van der Waals surface area contributed by atoms with Crippen LogP contribution >= 0.6 is 0 Å². The van der Waals surface area contributed by atoms with Gasteiger partial charge in [-0.2, -0.15) is 8.42 Å². The molecule has 2 unspecified atom stereocenters. The Labute approximate surface area is 264 Å². The molecule has 0 aromatic heterocycles. The van der Waals surface area contributed by atoms with Crippen LogP contribution in [0, 0.1) is 0 Å². The fraction of sp³-hybridized carbons (Fsp3) is 0.639. The van der Waals surface area contributed by atoms with E-state index in [4.69, 9.17) is 0 Å². The monoisotopic (exact) mass is 619 g/mol. The summed E-state index contributed by atoms with van der Waals surface area (Å²) in [6, 6.07) is -1.10. The summed E-state index contributed by atoms with van der Waals surface area (Å²) in [4.78, 5) is 12.4. The highest BCUT2D eigenvalue weighted by molar-refractivity contribution is 7.85. The number of carbonyl (C=O) groups excluding carboxylic acids is 1. The van der Waals surface area contributed by atoms with Crippen LogP contribution in [0.15, 0.2) is 72.9 Å². The Morgan fingerprint density at radius 3 is 1.74 bits per heavy atom. The van der Waals surface area contributed by atoms with Crippen LogP contribution in [0.2, 0.25) is 0 Å². The van der Waals surface area contributed by atoms with Crippen LogP contribution in [-0.4, -0.2) is 41.9 Å². The Hall–Kier alpha value is -2.22. The summed E-state index contributed by atoms with van der Waals surface area (Å²) in [5.74, 6) is -1.07. The van der Waals surface area contributed by atoms with Crippen molar-refractivity contribution in [2.75, 3.05) is 5.75 Å². The summed E-state index contributed by atoms with van der Waals surface area (Å²) in [5, 5.41) is 13.1. The lowest BCUT2D eigenvalue weighted by atomic mass is 10.1. The van der Waals surface area contributed by atoms with E-state index in [0.717, 1.165) is 51.4 Å². The maximum absolute atomic E-state index is 12.4. The molecule has 2 atom stereocenters. The second-order valence-corrected chi connectivity index (χ2v) is 12.5. The van der Waals surface area contributed by atoms with Crippen LogP contribution in [0.1, 0.15) is 129 Å². The molecule has 246 valence electrons. The standard InChI is InChI=1S/C36H61NO5S/c1-3-5-7-9-11-13-15-17-18-20-22-24-26-28-30-32-36(39)37-34(33-43(40,41)42)35(38)31-29-27-25-23-21-19-16-14-12-10-8-6-4-2/h5,7,11,13,17-18,21-24,29,31,34-35,38H,3-4,6,8-10,12,14-16,19-20,25-28,30,32-33H2,1-2H3,(H,37,39)(H,40,41,42)/b7-5-,13-11-,18-17-,23-21+,24-22-,31-29+. The minimum Gasteiger partial charge on any atom is -0.387 e. The van der Waals surface area contributed by atoms with E-state index in [1.54, 1.807) is 6.08 Å². The van der Waals surface area contributed by atoms with E-state index in [2.05, 4.69) is 79.9 Å². The zero-order valence-electron chi connectivity index (χ0n) is 27.0. The second-order valence-electron chi connectivity index (χ2n) is 11.0. The Morgan fingerprint density at radius 2 is 1.14 bits per heavy atom. The highest BCUT2D eigenvalue weighted by atomic mass is 32.2. The van der Waals surface area contributed by atoms with Gasteiger partial charge in [-0.15, -0.1) is 0 Å². The Bertz CT molecular complexity index is 947. The van der Waals surface area contributed by atoms with Gasteiger partial charge in [-0.1, -0.05) is 125 Å². The number of hydrogen-bond donors (Lipinski definition) is 3. The van der Waals surface area contributed by atoms with Gasteiger partial charge >= 0.3 is 0 Å². The van der Waals surface area contributed by atoms with Gasteiger partial charge in [0, 0.05) is 6.42 Å². The Morgan fingerprint density at radius 1 is 0.651 bits per heavy atom. The topological polar surface area (TPSA) is 104 Å². The van der Waals surface area contributed by atoms with Gasteiger partial charge in [0.2, 0.25) is 5.91 Å². The summed E-state index contributed by atoms with van der Waals surface area (Å²) >= 11 is 0. The fourth-order valence-corrected chi connectivity index (χ4v) is 5.13. The van der Waals surface area contributed by atoms with Crippen molar-refractivity contribution in [2.24, 2.45) is 0 Å². The van der Waals surface area contributed by atoms with Crippen molar-refractivity contribution < 1.29 is 22.9 Å². The van der Waals surface area contributed by atoms with Crippen LogP contribution in [0.25, 0.3) is 0 Å². The van der Waals surface area contributed by atoms with Crippen molar-refractivity contribution in [1.82, 2.24) is 5.32 Å². The molecule has 7 heteroatoms. The van der Waals surface area contributed by atoms with Crippen molar-refractivity contribution in [3.63, 3.8) is 0 Å². The number of allylic oxidation sites excluding steroid dienone is 11. The molecular formula is C36H61NO5S. The van der Waals surface area contributed by atoms with Crippen LogP contribution in [0.3, 0.4) is 0 Å². The molecule has 0 aromatic carbocycles. The van der Waals surface area contributed by atoms with Gasteiger partial charge in [0.25, 0.3) is 10.1 Å². The normalized spacial score (nSPS) is 14.4. The summed E-state index contributed by atoms with van der Waals surface area (Å²) in [5.41, 5.74) is 0. The van der Waals surface area contributed by atoms with E-state index < -0.39 is 28.0 Å². The number of nitrogens with one attached hydrogen (secondary N) is 1. The van der Waals surface area contributed by atoms with E-state index in [1.807, 2.05) is 0 Å². The number of unbranched alkanes of at least 4 members (excludes halogenated alkanes) is 10. The average molecular weight is 620 g/mol. The molecule has 0 bridgehead atoms. The molecule has 0 aliphatic carbocycles. The Balaban J connectivity index is 4.21. The van der Waals surface area contributed by atoms with Crippen molar-refractivity contribution in [2.45, 2.75) is 142 Å². The third-order valence-corrected chi connectivity index (χ3v) is 7.65. The first kappa shape index (κ1) is 40.8. The SMILES string of the molecule is CC/C=C\C/C=C\C/C=C\C/C=C\CCCCC(=O)NC(CS(=O)(=O)O)C(O)/C=C/CC/C=C/CCCCCCCCC. The lowest BCUT2D eigenvalue weighted by Crippen LogP contribution is -2.46. The van der Waals surface area contributed by atoms with Crippen molar-refractivity contribution in [3.05, 3.63) is 72.9 Å². The van der Waals surface area contributed by atoms with Gasteiger partial charge < -0.3 is 10.4 Å². The van der Waals surface area contributed by atoms with Gasteiger partial charge in [-0.25, -0.2) is 0 Å². The van der Waals surface area contributed by atoms with E-state index in [-0.39, 0.29) is 12.3 Å². The molecule has 0 saturated heterocycles. The Kier molecular flexibility index (Phi) is 28.3. The first-order chi connectivity index (χ1) is 20.8. The first-order valence-corrected chi connectivity index (χ1v) is 18.2. The zero-order valence-corrected chi connectivity index (χ0v) is 27.9. The molecule has 0 aliphatic rings. The molecule has 0 saturated carbocycles. The third kappa shape index (κ3) is 31.0. The molecular weight excluding hydrogens is 558 g/mol. The van der Waals surface area contributed by atoms with Gasteiger partial charge in [0.05, 0.1) is 17.9 Å². The van der Waals surface area contributed by atoms with E-state index in [0.29, 0.717) is 12.8 Å². The molecule has 0 aromatic rings. The van der Waals surface area contributed by atoms with Crippen LogP contribution < -0.4 is 5.32 Å². The molecule has 43 heavy (non-hydrogen) atoms. The van der Waals surface area contributed by atoms with Crippen LogP contribution in [0.4, 0.5) is 0 Å². The highest BCUT2D eigenvalue weighted by Gasteiger charge is 2.24. The molecule has 0 spiro atoms. The number of aliphatic hydroxyl groups is 1. The van der Waals surface area contributed by atoms with Gasteiger partial charge in [0.1, 0.15) is 0 Å². The summed E-state index contributed by atoms with van der Waals surface area (Å²) in [6.45, 7) is 4.36. The molecule has 0 heterocycles. The highest BCUT2D eigenvalue weighted by Crippen LogP contribution is 2.10. The van der Waals surface area contributed by atoms with Gasteiger partial charge in [0.15, 0.2) is 0 Å². The van der Waals surface area contributed by atoms with Crippen molar-refractivity contribution in [3.8, 4) is 0 Å². The summed E-state index contributed by atoms with van der Waals surface area (Å²) < 4.78 is 32.2. The molecule has 0 aliphatic heterocycles. The number of rotatable bonds is 28. The maximum Gasteiger partial charge on any atom is 0.267 e.